The van der Waals surface area contributed by atoms with Gasteiger partial charge in [0.2, 0.25) is 5.91 Å². The number of carbonyl (C=O) groups excluding carboxylic acids is 1. The summed E-state index contributed by atoms with van der Waals surface area (Å²) in [4.78, 5) is 10.8. The lowest BCUT2D eigenvalue weighted by Crippen LogP contribution is -2.35. The van der Waals surface area contributed by atoms with E-state index in [1.165, 1.54) is 0 Å². The molecule has 0 aromatic carbocycles. The maximum Gasteiger partial charge on any atom is 0.246 e. The third-order valence-electron chi connectivity index (χ3n) is 2.73. The molecule has 0 saturated carbocycles. The van der Waals surface area contributed by atoms with Crippen molar-refractivity contribution in [1.29, 1.82) is 0 Å². The van der Waals surface area contributed by atoms with Crippen LogP contribution in [0.4, 0.5) is 0 Å². The van der Waals surface area contributed by atoms with E-state index in [0.717, 1.165) is 25.8 Å². The van der Waals surface area contributed by atoms with Gasteiger partial charge in [-0.05, 0) is 26.2 Å². The van der Waals surface area contributed by atoms with Crippen LogP contribution in [0.15, 0.2) is 0 Å². The van der Waals surface area contributed by atoms with Crippen LogP contribution in [0.3, 0.4) is 0 Å². The van der Waals surface area contributed by atoms with Crippen molar-refractivity contribution in [2.75, 3.05) is 6.54 Å². The van der Waals surface area contributed by atoms with Gasteiger partial charge in [-0.15, -0.1) is 0 Å². The molecule has 1 aliphatic heterocycles. The van der Waals surface area contributed by atoms with Gasteiger partial charge in [-0.2, -0.15) is 0 Å². The molecule has 1 heterocycles. The highest BCUT2D eigenvalue weighted by Gasteiger charge is 2.28. The molecule has 82 valence electrons. The molecular weight excluding hydrogens is 180 g/mol. The van der Waals surface area contributed by atoms with Gasteiger partial charge in [-0.1, -0.05) is 6.92 Å². The molecule has 3 unspecified atom stereocenters. The van der Waals surface area contributed by atoms with Crippen molar-refractivity contribution in [2.45, 2.75) is 51.4 Å². The summed E-state index contributed by atoms with van der Waals surface area (Å²) in [7, 11) is 0. The molecule has 0 aromatic rings. The second kappa shape index (κ2) is 5.32. The van der Waals surface area contributed by atoms with Crippen molar-refractivity contribution in [1.82, 2.24) is 5.32 Å². The first-order chi connectivity index (χ1) is 6.63. The lowest BCUT2D eigenvalue weighted by atomic mass is 10.2. The van der Waals surface area contributed by atoms with E-state index in [9.17, 15) is 4.79 Å². The number of nitrogens with one attached hydrogen (secondary N) is 1. The molecule has 1 fully saturated rings. The summed E-state index contributed by atoms with van der Waals surface area (Å²) in [6.45, 7) is 5.10. The Morgan fingerprint density at radius 2 is 2.36 bits per heavy atom. The number of ether oxygens (including phenoxy) is 1. The van der Waals surface area contributed by atoms with Gasteiger partial charge < -0.3 is 15.8 Å². The number of nitrogens with two attached hydrogens (primary N) is 1. The van der Waals surface area contributed by atoms with Crippen molar-refractivity contribution in [2.24, 2.45) is 5.73 Å². The number of primary amides is 1. The Hall–Kier alpha value is -0.610. The maximum absolute atomic E-state index is 10.8. The first-order valence-corrected chi connectivity index (χ1v) is 5.31. The van der Waals surface area contributed by atoms with Gasteiger partial charge in [0.05, 0.1) is 6.10 Å². The van der Waals surface area contributed by atoms with Crippen LogP contribution in [-0.4, -0.2) is 30.7 Å². The summed E-state index contributed by atoms with van der Waals surface area (Å²) in [6.07, 6.45) is 2.59. The van der Waals surface area contributed by atoms with Crippen molar-refractivity contribution < 1.29 is 9.53 Å². The largest absolute Gasteiger partial charge is 0.367 e. The van der Waals surface area contributed by atoms with Crippen LogP contribution < -0.4 is 11.1 Å². The molecule has 3 N–H and O–H groups in total. The second-order valence-electron chi connectivity index (χ2n) is 3.94. The first kappa shape index (κ1) is 11.5. The molecule has 4 heteroatoms. The highest BCUT2D eigenvalue weighted by Crippen LogP contribution is 2.18. The highest BCUT2D eigenvalue weighted by molar-refractivity contribution is 5.79. The number of hydrogen-bond donors (Lipinski definition) is 2. The topological polar surface area (TPSA) is 64.3 Å². The van der Waals surface area contributed by atoms with Crippen molar-refractivity contribution in [3.8, 4) is 0 Å². The van der Waals surface area contributed by atoms with Gasteiger partial charge in [0.25, 0.3) is 0 Å². The molecule has 0 aliphatic carbocycles. The van der Waals surface area contributed by atoms with E-state index in [1.54, 1.807) is 0 Å². The number of rotatable bonds is 5. The molecule has 1 saturated heterocycles. The van der Waals surface area contributed by atoms with E-state index in [2.05, 4.69) is 19.2 Å². The summed E-state index contributed by atoms with van der Waals surface area (Å²) in [6, 6.07) is 0.506. The standard InChI is InChI=1S/C10H20N2O2/c1-3-7(2)12-6-8-4-5-9(14-8)10(11)13/h7-9,12H,3-6H2,1-2H3,(H2,11,13). The van der Waals surface area contributed by atoms with E-state index in [4.69, 9.17) is 10.5 Å². The summed E-state index contributed by atoms with van der Waals surface area (Å²) < 4.78 is 5.48. The number of carbonyl (C=O) groups is 1. The van der Waals surface area contributed by atoms with Gasteiger partial charge in [0, 0.05) is 12.6 Å². The van der Waals surface area contributed by atoms with Crippen LogP contribution in [0.25, 0.3) is 0 Å². The monoisotopic (exact) mass is 200 g/mol. The molecular formula is C10H20N2O2. The fourth-order valence-electron chi connectivity index (χ4n) is 1.54. The number of hydrogen-bond acceptors (Lipinski definition) is 3. The number of amides is 1. The minimum Gasteiger partial charge on any atom is -0.367 e. The Balaban J connectivity index is 2.19. The fourth-order valence-corrected chi connectivity index (χ4v) is 1.54. The molecule has 1 amide bonds. The Kier molecular flexibility index (Phi) is 4.35. The van der Waals surface area contributed by atoms with Gasteiger partial charge in [-0.25, -0.2) is 0 Å². The van der Waals surface area contributed by atoms with E-state index in [0.29, 0.717) is 6.04 Å². The zero-order valence-electron chi connectivity index (χ0n) is 8.95. The second-order valence-corrected chi connectivity index (χ2v) is 3.94. The van der Waals surface area contributed by atoms with Crippen LogP contribution in [0.1, 0.15) is 33.1 Å². The summed E-state index contributed by atoms with van der Waals surface area (Å²) in [5.74, 6) is -0.337. The van der Waals surface area contributed by atoms with Gasteiger partial charge >= 0.3 is 0 Å². The molecule has 4 nitrogen and oxygen atoms in total. The van der Waals surface area contributed by atoms with E-state index >= 15 is 0 Å². The van der Waals surface area contributed by atoms with Crippen molar-refractivity contribution in [3.05, 3.63) is 0 Å². The van der Waals surface area contributed by atoms with Gasteiger partial charge in [-0.3, -0.25) is 4.79 Å². The smallest absolute Gasteiger partial charge is 0.246 e. The van der Waals surface area contributed by atoms with Crippen molar-refractivity contribution in [3.63, 3.8) is 0 Å². The molecule has 1 aliphatic rings. The van der Waals surface area contributed by atoms with Gasteiger partial charge in [0.1, 0.15) is 6.10 Å². The van der Waals surface area contributed by atoms with E-state index < -0.39 is 0 Å². The lowest BCUT2D eigenvalue weighted by molar-refractivity contribution is -0.128. The summed E-state index contributed by atoms with van der Waals surface area (Å²) >= 11 is 0. The van der Waals surface area contributed by atoms with Crippen LogP contribution >= 0.6 is 0 Å². The minimum absolute atomic E-state index is 0.154. The van der Waals surface area contributed by atoms with Crippen LogP contribution in [-0.2, 0) is 9.53 Å². The summed E-state index contributed by atoms with van der Waals surface area (Å²) in [5.41, 5.74) is 5.16. The van der Waals surface area contributed by atoms with Crippen LogP contribution in [0, 0.1) is 0 Å². The normalized spacial score (nSPS) is 29.0. The molecule has 0 bridgehead atoms. The molecule has 14 heavy (non-hydrogen) atoms. The summed E-state index contributed by atoms with van der Waals surface area (Å²) in [5, 5.41) is 3.36. The van der Waals surface area contributed by atoms with Gasteiger partial charge in [0.15, 0.2) is 0 Å². The maximum atomic E-state index is 10.8. The minimum atomic E-state index is -0.362. The predicted molar refractivity (Wildman–Crippen MR) is 54.8 cm³/mol. The highest BCUT2D eigenvalue weighted by atomic mass is 16.5. The molecule has 0 radical (unpaired) electrons. The molecule has 1 rings (SSSR count). The Morgan fingerprint density at radius 3 is 2.86 bits per heavy atom. The third-order valence-corrected chi connectivity index (χ3v) is 2.73. The van der Waals surface area contributed by atoms with Crippen LogP contribution in [0.2, 0.25) is 0 Å². The van der Waals surface area contributed by atoms with Crippen molar-refractivity contribution >= 4 is 5.91 Å². The Morgan fingerprint density at radius 1 is 1.64 bits per heavy atom. The zero-order chi connectivity index (χ0) is 10.6. The average Bonchev–Trinajstić information content (AvgIpc) is 2.62. The van der Waals surface area contributed by atoms with E-state index in [-0.39, 0.29) is 18.1 Å². The predicted octanol–water partition coefficient (Wildman–Crippen LogP) is 0.407. The van der Waals surface area contributed by atoms with E-state index in [1.807, 2.05) is 0 Å². The zero-order valence-corrected chi connectivity index (χ0v) is 8.95. The Labute approximate surface area is 85.2 Å². The fraction of sp³-hybridized carbons (Fsp3) is 0.900. The quantitative estimate of drug-likeness (QED) is 0.675. The SMILES string of the molecule is CCC(C)NCC1CCC(C(N)=O)O1. The third kappa shape index (κ3) is 3.27. The molecule has 3 atom stereocenters. The molecule has 0 spiro atoms. The average molecular weight is 200 g/mol. The molecule has 0 aromatic heterocycles. The van der Waals surface area contributed by atoms with Crippen LogP contribution in [0.5, 0.6) is 0 Å². The first-order valence-electron chi connectivity index (χ1n) is 5.31. The Bertz CT molecular complexity index is 197. The lowest BCUT2D eigenvalue weighted by Gasteiger charge is -2.16.